The monoisotopic (exact) mass is 490 g/mol. The molecule has 2 saturated heterocycles. The van der Waals surface area contributed by atoms with Crippen LogP contribution in [0.15, 0.2) is 30.5 Å². The van der Waals surface area contributed by atoms with Gasteiger partial charge >= 0.3 is 6.18 Å². The third-order valence-electron chi connectivity index (χ3n) is 7.14. The van der Waals surface area contributed by atoms with E-state index >= 15 is 0 Å². The van der Waals surface area contributed by atoms with Crippen LogP contribution in [0.3, 0.4) is 0 Å². The number of hydrogen-bond donors (Lipinski definition) is 1. The van der Waals surface area contributed by atoms with E-state index in [0.717, 1.165) is 19.0 Å². The van der Waals surface area contributed by atoms with Crippen molar-refractivity contribution in [2.24, 2.45) is 5.92 Å². The lowest BCUT2D eigenvalue weighted by Gasteiger charge is -2.36. The van der Waals surface area contributed by atoms with E-state index < -0.39 is 29.4 Å². The van der Waals surface area contributed by atoms with Gasteiger partial charge in [0, 0.05) is 38.9 Å². The van der Waals surface area contributed by atoms with Crippen molar-refractivity contribution in [2.75, 3.05) is 37.6 Å². The Kier molecular flexibility index (Phi) is 5.93. The molecule has 186 valence electrons. The molecule has 2 aliphatic heterocycles. The number of aromatic nitrogens is 1. The molecule has 35 heavy (non-hydrogen) atoms. The summed E-state index contributed by atoms with van der Waals surface area (Å²) in [6.07, 6.45) is -1.91. The zero-order chi connectivity index (χ0) is 24.9. The lowest BCUT2D eigenvalue weighted by molar-refractivity contribution is -0.137. The molecule has 2 aromatic rings. The molecule has 6 nitrogen and oxygen atoms in total. The van der Waals surface area contributed by atoms with Gasteiger partial charge in [-0.05, 0) is 54.0 Å². The first-order chi connectivity index (χ1) is 16.6. The quantitative estimate of drug-likeness (QED) is 0.660. The Hall–Kier alpha value is -3.17. The van der Waals surface area contributed by atoms with E-state index in [1.807, 2.05) is 11.8 Å². The number of halogens is 4. The van der Waals surface area contributed by atoms with Crippen LogP contribution in [0, 0.1) is 11.7 Å². The summed E-state index contributed by atoms with van der Waals surface area (Å²) in [5.74, 6) is -1.04. The molecule has 1 aliphatic carbocycles. The number of anilines is 1. The number of benzene rings is 1. The first-order valence-electron chi connectivity index (χ1n) is 11.8. The molecule has 1 aromatic heterocycles. The van der Waals surface area contributed by atoms with Gasteiger partial charge in [0.25, 0.3) is 5.91 Å². The molecule has 10 heteroatoms. The molecule has 1 N–H and O–H groups in total. The molecule has 3 heterocycles. The fourth-order valence-electron chi connectivity index (χ4n) is 5.01. The summed E-state index contributed by atoms with van der Waals surface area (Å²) in [6, 6.07) is 5.52. The van der Waals surface area contributed by atoms with Gasteiger partial charge in [0.1, 0.15) is 11.6 Å². The summed E-state index contributed by atoms with van der Waals surface area (Å²) in [5, 5.41) is 2.77. The summed E-state index contributed by atoms with van der Waals surface area (Å²) in [7, 11) is 0. The maximum absolute atomic E-state index is 14.9. The number of rotatable bonds is 4. The van der Waals surface area contributed by atoms with Crippen LogP contribution in [0.5, 0.6) is 0 Å². The molecular weight excluding hydrogens is 464 g/mol. The van der Waals surface area contributed by atoms with Gasteiger partial charge < -0.3 is 15.1 Å². The highest BCUT2D eigenvalue weighted by molar-refractivity contribution is 5.95. The van der Waals surface area contributed by atoms with E-state index in [2.05, 4.69) is 10.3 Å². The van der Waals surface area contributed by atoms with Crippen LogP contribution in [0.1, 0.15) is 58.6 Å². The summed E-state index contributed by atoms with van der Waals surface area (Å²) < 4.78 is 54.4. The van der Waals surface area contributed by atoms with E-state index in [9.17, 15) is 27.2 Å². The van der Waals surface area contributed by atoms with Gasteiger partial charge in [-0.2, -0.15) is 13.2 Å². The molecule has 1 aromatic carbocycles. The molecule has 1 saturated carbocycles. The average molecular weight is 491 g/mol. The topological polar surface area (TPSA) is 65.5 Å². The van der Waals surface area contributed by atoms with Crippen molar-refractivity contribution in [3.05, 3.63) is 58.5 Å². The molecule has 2 atom stereocenters. The lowest BCUT2D eigenvalue weighted by atomic mass is 9.89. The van der Waals surface area contributed by atoms with Crippen LogP contribution in [0.2, 0.25) is 0 Å². The van der Waals surface area contributed by atoms with Gasteiger partial charge in [0.2, 0.25) is 5.91 Å². The van der Waals surface area contributed by atoms with Crippen LogP contribution in [-0.2, 0) is 11.0 Å². The maximum atomic E-state index is 14.9. The van der Waals surface area contributed by atoms with Crippen LogP contribution in [0.4, 0.5) is 23.4 Å². The summed E-state index contributed by atoms with van der Waals surface area (Å²) in [4.78, 5) is 32.7. The molecule has 5 rings (SSSR count). The van der Waals surface area contributed by atoms with Crippen molar-refractivity contribution >= 4 is 17.6 Å². The second-order valence-corrected chi connectivity index (χ2v) is 9.63. The molecule has 1 unspecified atom stereocenters. The SMILES string of the molecule is CC1CNC(=O)[C@H]1c1ccc(C(=O)N2CCN(c3ncc(C(F)(F)F)cc3C3CC3)CC2)c(F)c1. The van der Waals surface area contributed by atoms with E-state index in [-0.39, 0.29) is 23.3 Å². The number of pyridine rings is 1. The Morgan fingerprint density at radius 2 is 1.83 bits per heavy atom. The first kappa shape index (κ1) is 23.6. The minimum atomic E-state index is -4.44. The summed E-state index contributed by atoms with van der Waals surface area (Å²) in [6.45, 7) is 3.84. The van der Waals surface area contributed by atoms with Gasteiger partial charge in [-0.25, -0.2) is 9.37 Å². The Balaban J connectivity index is 1.28. The van der Waals surface area contributed by atoms with Gasteiger partial charge in [0.15, 0.2) is 0 Å². The third kappa shape index (κ3) is 4.58. The zero-order valence-corrected chi connectivity index (χ0v) is 19.2. The largest absolute Gasteiger partial charge is 0.417 e. The first-order valence-corrected chi connectivity index (χ1v) is 11.8. The average Bonchev–Trinajstić information content (AvgIpc) is 3.62. The van der Waals surface area contributed by atoms with E-state index in [1.165, 1.54) is 18.2 Å². The van der Waals surface area contributed by atoms with Crippen molar-refractivity contribution in [1.29, 1.82) is 0 Å². The number of nitrogens with zero attached hydrogens (tertiary/aromatic N) is 3. The fraction of sp³-hybridized carbons (Fsp3) is 0.480. The number of carbonyl (C=O) groups is 2. The molecule has 3 aliphatic rings. The molecule has 0 radical (unpaired) electrons. The Bertz CT molecular complexity index is 1160. The molecular formula is C25H26F4N4O2. The Morgan fingerprint density at radius 3 is 2.40 bits per heavy atom. The molecule has 3 fully saturated rings. The predicted molar refractivity (Wildman–Crippen MR) is 121 cm³/mol. The number of hydrogen-bond acceptors (Lipinski definition) is 4. The van der Waals surface area contributed by atoms with Crippen molar-refractivity contribution < 1.29 is 27.2 Å². The number of nitrogens with one attached hydrogen (secondary N) is 1. The van der Waals surface area contributed by atoms with Crippen LogP contribution < -0.4 is 10.2 Å². The smallest absolute Gasteiger partial charge is 0.355 e. The third-order valence-corrected chi connectivity index (χ3v) is 7.14. The van der Waals surface area contributed by atoms with E-state index in [1.54, 1.807) is 11.0 Å². The Labute approximate surface area is 200 Å². The second kappa shape index (κ2) is 8.80. The van der Waals surface area contributed by atoms with Gasteiger partial charge in [0.05, 0.1) is 17.0 Å². The molecule has 0 spiro atoms. The highest BCUT2D eigenvalue weighted by Crippen LogP contribution is 2.45. The van der Waals surface area contributed by atoms with Gasteiger partial charge in [-0.3, -0.25) is 9.59 Å². The van der Waals surface area contributed by atoms with Gasteiger partial charge in [-0.15, -0.1) is 0 Å². The highest BCUT2D eigenvalue weighted by Gasteiger charge is 2.37. The minimum absolute atomic E-state index is 0.0378. The van der Waals surface area contributed by atoms with Crippen molar-refractivity contribution in [3.8, 4) is 0 Å². The maximum Gasteiger partial charge on any atom is 0.417 e. The summed E-state index contributed by atoms with van der Waals surface area (Å²) in [5.41, 5.74) is 0.346. The Morgan fingerprint density at radius 1 is 1.11 bits per heavy atom. The molecule has 2 amide bonds. The normalized spacial score (nSPS) is 22.9. The van der Waals surface area contributed by atoms with Gasteiger partial charge in [-0.1, -0.05) is 13.0 Å². The van der Waals surface area contributed by atoms with Crippen LogP contribution in [0.25, 0.3) is 0 Å². The zero-order valence-electron chi connectivity index (χ0n) is 19.2. The highest BCUT2D eigenvalue weighted by atomic mass is 19.4. The number of amides is 2. The number of piperazine rings is 1. The number of carbonyl (C=O) groups excluding carboxylic acids is 2. The van der Waals surface area contributed by atoms with Crippen LogP contribution >= 0.6 is 0 Å². The standard InChI is InChI=1S/C25H26F4N4O2/c1-14-12-31-23(34)21(14)16-4-5-18(20(26)10-16)24(35)33-8-6-32(7-9-33)22-19(15-2-3-15)11-17(13-30-22)25(27,28)29/h4-5,10-11,13-15,21H,2-3,6-9,12H2,1H3,(H,31,34)/t14?,21-/m1/s1. The summed E-state index contributed by atoms with van der Waals surface area (Å²) >= 11 is 0. The van der Waals surface area contributed by atoms with Crippen LogP contribution in [-0.4, -0.2) is 54.4 Å². The predicted octanol–water partition coefficient (Wildman–Crippen LogP) is 3.93. The second-order valence-electron chi connectivity index (χ2n) is 9.63. The fourth-order valence-corrected chi connectivity index (χ4v) is 5.01. The lowest BCUT2D eigenvalue weighted by Crippen LogP contribution is -2.49. The minimum Gasteiger partial charge on any atom is -0.355 e. The van der Waals surface area contributed by atoms with Crippen molar-refractivity contribution in [3.63, 3.8) is 0 Å². The van der Waals surface area contributed by atoms with Crippen molar-refractivity contribution in [2.45, 2.75) is 37.8 Å². The van der Waals surface area contributed by atoms with Crippen molar-refractivity contribution in [1.82, 2.24) is 15.2 Å². The van der Waals surface area contributed by atoms with E-state index in [4.69, 9.17) is 0 Å². The molecule has 0 bridgehead atoms. The number of alkyl halides is 3. The van der Waals surface area contributed by atoms with E-state index in [0.29, 0.717) is 49.7 Å².